The van der Waals surface area contributed by atoms with Gasteiger partial charge in [0.05, 0.1) is 19.3 Å². The van der Waals surface area contributed by atoms with E-state index in [1.807, 2.05) is 12.1 Å². The molecule has 2 N–H and O–H groups in total. The molecular formula is C21H19FN6O3. The van der Waals surface area contributed by atoms with Gasteiger partial charge in [-0.05, 0) is 11.6 Å². The van der Waals surface area contributed by atoms with E-state index >= 15 is 0 Å². The number of benzene rings is 1. The fourth-order valence-electron chi connectivity index (χ4n) is 3.07. The standard InChI is InChI=1S/C21H19FN6O3/c1-30-6-7-31-21-26-18(23)17-20(27-21)28(11-13-2-4-14(12-29)5-3-13)19(25-17)15-8-16(22)10-24-9-15/h2-5,8-10,12H,6-7,11H2,1H3,(H2,23,26,27). The first-order chi connectivity index (χ1) is 15.1. The molecule has 158 valence electrons. The van der Waals surface area contributed by atoms with Crippen LogP contribution in [0.2, 0.25) is 0 Å². The Kier molecular flexibility index (Phi) is 5.80. The Morgan fingerprint density at radius 1 is 1.13 bits per heavy atom. The Hall–Kier alpha value is -3.92. The number of carbonyl (C=O) groups excluding carboxylic acids is 1. The van der Waals surface area contributed by atoms with E-state index in [9.17, 15) is 9.18 Å². The number of ether oxygens (including phenoxy) is 2. The SMILES string of the molecule is COCCOc1nc(N)c2nc(-c3cncc(F)c3)n(Cc3ccc(C=O)cc3)c2n1. The summed E-state index contributed by atoms with van der Waals surface area (Å²) >= 11 is 0. The zero-order valence-corrected chi connectivity index (χ0v) is 16.7. The van der Waals surface area contributed by atoms with Crippen molar-refractivity contribution in [1.29, 1.82) is 0 Å². The third-order valence-corrected chi connectivity index (χ3v) is 4.54. The molecule has 0 amide bonds. The summed E-state index contributed by atoms with van der Waals surface area (Å²) in [7, 11) is 1.56. The Morgan fingerprint density at radius 2 is 1.94 bits per heavy atom. The minimum Gasteiger partial charge on any atom is -0.461 e. The smallest absolute Gasteiger partial charge is 0.320 e. The molecule has 3 heterocycles. The van der Waals surface area contributed by atoms with E-state index in [-0.39, 0.29) is 18.4 Å². The van der Waals surface area contributed by atoms with E-state index < -0.39 is 5.82 Å². The zero-order chi connectivity index (χ0) is 21.8. The number of aromatic nitrogens is 5. The predicted octanol–water partition coefficient (Wildman–Crippen LogP) is 2.50. The number of nitrogens with two attached hydrogens (primary N) is 1. The highest BCUT2D eigenvalue weighted by atomic mass is 19.1. The number of pyridine rings is 1. The topological polar surface area (TPSA) is 118 Å². The number of fused-ring (bicyclic) bond motifs is 1. The molecule has 4 rings (SSSR count). The molecule has 0 saturated carbocycles. The Balaban J connectivity index is 1.84. The molecule has 0 atom stereocenters. The fourth-order valence-corrected chi connectivity index (χ4v) is 3.07. The van der Waals surface area contributed by atoms with Gasteiger partial charge in [0.25, 0.3) is 0 Å². The molecule has 3 aromatic heterocycles. The van der Waals surface area contributed by atoms with E-state index in [2.05, 4.69) is 19.9 Å². The first-order valence-electron chi connectivity index (χ1n) is 9.39. The van der Waals surface area contributed by atoms with E-state index in [1.54, 1.807) is 23.8 Å². The summed E-state index contributed by atoms with van der Waals surface area (Å²) in [5.41, 5.74) is 8.82. The first kappa shape index (κ1) is 20.4. The van der Waals surface area contributed by atoms with Gasteiger partial charge in [0.1, 0.15) is 24.5 Å². The molecule has 1 aromatic carbocycles. The molecule has 0 saturated heterocycles. The number of hydrogen-bond donors (Lipinski definition) is 1. The van der Waals surface area contributed by atoms with Crippen molar-refractivity contribution in [2.45, 2.75) is 6.54 Å². The summed E-state index contributed by atoms with van der Waals surface area (Å²) in [6.07, 6.45) is 3.40. The number of carbonyl (C=O) groups is 1. The number of aldehydes is 1. The Bertz CT molecular complexity index is 1230. The van der Waals surface area contributed by atoms with Gasteiger partial charge in [0, 0.05) is 24.4 Å². The number of halogens is 1. The number of methoxy groups -OCH3 is 1. The van der Waals surface area contributed by atoms with Crippen molar-refractivity contribution >= 4 is 23.3 Å². The van der Waals surface area contributed by atoms with E-state index in [1.165, 1.54) is 12.3 Å². The van der Waals surface area contributed by atoms with E-state index in [0.717, 1.165) is 18.0 Å². The van der Waals surface area contributed by atoms with Gasteiger partial charge >= 0.3 is 6.01 Å². The molecule has 4 aromatic rings. The number of anilines is 1. The molecule has 0 aliphatic rings. The average Bonchev–Trinajstić information content (AvgIpc) is 3.13. The molecule has 0 unspecified atom stereocenters. The van der Waals surface area contributed by atoms with Crippen LogP contribution in [0.3, 0.4) is 0 Å². The maximum atomic E-state index is 13.8. The highest BCUT2D eigenvalue weighted by molar-refractivity contribution is 5.86. The maximum absolute atomic E-state index is 13.8. The second-order valence-electron chi connectivity index (χ2n) is 6.68. The zero-order valence-electron chi connectivity index (χ0n) is 16.7. The molecule has 0 aliphatic heterocycles. The number of imidazole rings is 1. The molecule has 0 fully saturated rings. The molecule has 31 heavy (non-hydrogen) atoms. The molecule has 10 heteroatoms. The van der Waals surface area contributed by atoms with Crippen molar-refractivity contribution in [2.75, 3.05) is 26.1 Å². The summed E-state index contributed by atoms with van der Waals surface area (Å²) < 4.78 is 26.1. The second kappa shape index (κ2) is 8.84. The van der Waals surface area contributed by atoms with E-state index in [4.69, 9.17) is 15.2 Å². The summed E-state index contributed by atoms with van der Waals surface area (Å²) in [5, 5.41) is 0. The molecule has 0 aliphatic carbocycles. The van der Waals surface area contributed by atoms with Gasteiger partial charge in [0.2, 0.25) is 0 Å². The summed E-state index contributed by atoms with van der Waals surface area (Å²) in [5.74, 6) is 0.0728. The van der Waals surface area contributed by atoms with E-state index in [0.29, 0.717) is 41.3 Å². The van der Waals surface area contributed by atoms with Crippen LogP contribution in [0.15, 0.2) is 42.7 Å². The molecular weight excluding hydrogens is 403 g/mol. The van der Waals surface area contributed by atoms with Crippen LogP contribution in [0, 0.1) is 5.82 Å². The monoisotopic (exact) mass is 422 g/mol. The van der Waals surface area contributed by atoms with Crippen LogP contribution < -0.4 is 10.5 Å². The molecule has 0 bridgehead atoms. The van der Waals surface area contributed by atoms with Crippen molar-refractivity contribution in [1.82, 2.24) is 24.5 Å². The summed E-state index contributed by atoms with van der Waals surface area (Å²) in [4.78, 5) is 28.1. The van der Waals surface area contributed by atoms with Gasteiger partial charge in [0.15, 0.2) is 17.0 Å². The van der Waals surface area contributed by atoms with Crippen LogP contribution >= 0.6 is 0 Å². The summed E-state index contributed by atoms with van der Waals surface area (Å²) in [6, 6.07) is 8.50. The Labute approximate surface area is 176 Å². The predicted molar refractivity (Wildman–Crippen MR) is 111 cm³/mol. The second-order valence-corrected chi connectivity index (χ2v) is 6.68. The van der Waals surface area contributed by atoms with Gasteiger partial charge in [-0.15, -0.1) is 0 Å². The third-order valence-electron chi connectivity index (χ3n) is 4.54. The quantitative estimate of drug-likeness (QED) is 0.340. The number of nitrogens with zero attached hydrogens (tertiary/aromatic N) is 5. The van der Waals surface area contributed by atoms with Gasteiger partial charge in [-0.25, -0.2) is 9.37 Å². The van der Waals surface area contributed by atoms with Crippen LogP contribution in [0.1, 0.15) is 15.9 Å². The van der Waals surface area contributed by atoms with Crippen LogP contribution in [0.5, 0.6) is 6.01 Å². The lowest BCUT2D eigenvalue weighted by Gasteiger charge is -2.10. The Morgan fingerprint density at radius 3 is 2.65 bits per heavy atom. The van der Waals surface area contributed by atoms with Gasteiger partial charge in [-0.2, -0.15) is 9.97 Å². The summed E-state index contributed by atoms with van der Waals surface area (Å²) in [6.45, 7) is 0.961. The number of rotatable bonds is 8. The largest absolute Gasteiger partial charge is 0.461 e. The highest BCUT2D eigenvalue weighted by Gasteiger charge is 2.19. The maximum Gasteiger partial charge on any atom is 0.320 e. The number of nitrogen functional groups attached to an aromatic ring is 1. The van der Waals surface area contributed by atoms with Gasteiger partial charge in [-0.1, -0.05) is 24.3 Å². The fraction of sp³-hybridized carbons (Fsp3) is 0.190. The first-order valence-corrected chi connectivity index (χ1v) is 9.39. The van der Waals surface area contributed by atoms with Crippen molar-refractivity contribution in [3.63, 3.8) is 0 Å². The van der Waals surface area contributed by atoms with Gasteiger partial charge < -0.3 is 19.8 Å². The van der Waals surface area contributed by atoms with Crippen molar-refractivity contribution in [3.8, 4) is 17.4 Å². The molecule has 0 radical (unpaired) electrons. The van der Waals surface area contributed by atoms with Crippen molar-refractivity contribution < 1.29 is 18.7 Å². The highest BCUT2D eigenvalue weighted by Crippen LogP contribution is 2.28. The van der Waals surface area contributed by atoms with Crippen molar-refractivity contribution in [3.05, 3.63) is 59.7 Å². The third kappa shape index (κ3) is 4.33. The lowest BCUT2D eigenvalue weighted by Crippen LogP contribution is -2.09. The number of hydrogen-bond acceptors (Lipinski definition) is 8. The normalized spacial score (nSPS) is 11.0. The lowest BCUT2D eigenvalue weighted by atomic mass is 10.1. The van der Waals surface area contributed by atoms with Crippen LogP contribution in [-0.4, -0.2) is 51.1 Å². The average molecular weight is 422 g/mol. The molecule has 9 nitrogen and oxygen atoms in total. The van der Waals surface area contributed by atoms with Crippen molar-refractivity contribution in [2.24, 2.45) is 0 Å². The van der Waals surface area contributed by atoms with Crippen LogP contribution in [0.25, 0.3) is 22.6 Å². The molecule has 0 spiro atoms. The van der Waals surface area contributed by atoms with Gasteiger partial charge in [-0.3, -0.25) is 9.78 Å². The minimum atomic E-state index is -0.492. The minimum absolute atomic E-state index is 0.0865. The van der Waals surface area contributed by atoms with Crippen LogP contribution in [-0.2, 0) is 11.3 Å². The lowest BCUT2D eigenvalue weighted by molar-refractivity contribution is 0.112. The van der Waals surface area contributed by atoms with Crippen LogP contribution in [0.4, 0.5) is 10.2 Å².